The van der Waals surface area contributed by atoms with Crippen molar-refractivity contribution in [2.75, 3.05) is 4.90 Å². The molecular weight excluding hydrogens is 592 g/mol. The zero-order valence-corrected chi connectivity index (χ0v) is 26.3. The summed E-state index contributed by atoms with van der Waals surface area (Å²) >= 11 is 0. The number of anilines is 1. The zero-order valence-electron chi connectivity index (χ0n) is 26.3. The molecule has 5 aromatic rings. The highest BCUT2D eigenvalue weighted by Gasteiger charge is 2.37. The number of aliphatic hydroxyl groups excluding tert-OH is 1. The first-order chi connectivity index (χ1) is 22.5. The summed E-state index contributed by atoms with van der Waals surface area (Å²) in [5.74, 6) is 1.22. The minimum atomic E-state index is -1.04. The number of aliphatic hydroxyl groups is 1. The Balaban J connectivity index is 1.04. The molecule has 0 aliphatic carbocycles. The van der Waals surface area contributed by atoms with Crippen LogP contribution in [0.2, 0.25) is 0 Å². The van der Waals surface area contributed by atoms with E-state index in [9.17, 15) is 19.5 Å². The second kappa shape index (κ2) is 11.3. The van der Waals surface area contributed by atoms with E-state index in [1.165, 1.54) is 4.90 Å². The fourth-order valence-electron chi connectivity index (χ4n) is 6.19. The standard InChI is InChI=1S/C39H32N2O6/c1-22-5-18-34(23(2)19-22)41-37(44)31-17-15-29(21-33(31)38(41)45)47-27-12-8-25(9-13-27)39(3,4)24-6-10-26(11-7-24)46-28-14-16-30-32(20-28)36(43)40-35(30)42/h5-21,36,43H,1-4H3,(H,40,42). The first kappa shape index (κ1) is 30.0. The van der Waals surface area contributed by atoms with Crippen LogP contribution in [-0.2, 0) is 5.41 Å². The van der Waals surface area contributed by atoms with Crippen LogP contribution in [0.1, 0.15) is 79.0 Å². The first-order valence-electron chi connectivity index (χ1n) is 15.3. The molecule has 8 heteroatoms. The van der Waals surface area contributed by atoms with Crippen molar-refractivity contribution in [3.05, 3.63) is 148 Å². The maximum Gasteiger partial charge on any atom is 0.266 e. The van der Waals surface area contributed by atoms with Crippen LogP contribution in [0.4, 0.5) is 5.69 Å². The highest BCUT2D eigenvalue weighted by Crippen LogP contribution is 2.37. The van der Waals surface area contributed by atoms with Crippen molar-refractivity contribution in [2.24, 2.45) is 0 Å². The van der Waals surface area contributed by atoms with Crippen LogP contribution in [0, 0.1) is 13.8 Å². The van der Waals surface area contributed by atoms with E-state index in [2.05, 4.69) is 19.2 Å². The van der Waals surface area contributed by atoms with Gasteiger partial charge in [-0.2, -0.15) is 0 Å². The molecule has 2 aliphatic rings. The largest absolute Gasteiger partial charge is 0.457 e. The molecule has 2 heterocycles. The van der Waals surface area contributed by atoms with Crippen molar-refractivity contribution in [3.63, 3.8) is 0 Å². The molecule has 0 bridgehead atoms. The van der Waals surface area contributed by atoms with Crippen molar-refractivity contribution in [1.29, 1.82) is 0 Å². The molecule has 0 saturated heterocycles. The Bertz CT molecular complexity index is 2080. The van der Waals surface area contributed by atoms with E-state index in [1.807, 2.05) is 74.5 Å². The molecule has 5 aromatic carbocycles. The zero-order chi connectivity index (χ0) is 33.0. The molecule has 1 unspecified atom stereocenters. The summed E-state index contributed by atoms with van der Waals surface area (Å²) in [5, 5.41) is 12.5. The third-order valence-corrected chi connectivity index (χ3v) is 8.90. The van der Waals surface area contributed by atoms with E-state index in [-0.39, 0.29) is 23.1 Å². The van der Waals surface area contributed by atoms with Gasteiger partial charge in [0, 0.05) is 16.5 Å². The second-order valence-electron chi connectivity index (χ2n) is 12.4. The van der Waals surface area contributed by atoms with E-state index in [0.717, 1.165) is 22.3 Å². The predicted octanol–water partition coefficient (Wildman–Crippen LogP) is 7.75. The van der Waals surface area contributed by atoms with Gasteiger partial charge in [0.05, 0.1) is 16.8 Å². The SMILES string of the molecule is Cc1ccc(N2C(=O)c3ccc(Oc4ccc(C(C)(C)c5ccc(Oc6ccc7c(c6)C(O)NC7=O)cc5)cc4)cc3C2=O)c(C)c1. The van der Waals surface area contributed by atoms with Gasteiger partial charge < -0.3 is 19.9 Å². The number of hydrogen-bond donors (Lipinski definition) is 2. The molecule has 0 fully saturated rings. The summed E-state index contributed by atoms with van der Waals surface area (Å²) in [6.07, 6.45) is -1.04. The molecule has 47 heavy (non-hydrogen) atoms. The van der Waals surface area contributed by atoms with Crippen molar-refractivity contribution >= 4 is 23.4 Å². The van der Waals surface area contributed by atoms with Gasteiger partial charge >= 0.3 is 0 Å². The Labute approximate surface area is 272 Å². The van der Waals surface area contributed by atoms with E-state index in [0.29, 0.717) is 50.9 Å². The van der Waals surface area contributed by atoms with Gasteiger partial charge in [-0.1, -0.05) is 55.8 Å². The topological polar surface area (TPSA) is 105 Å². The minimum absolute atomic E-state index is 0.302. The van der Waals surface area contributed by atoms with Crippen LogP contribution in [0.5, 0.6) is 23.0 Å². The summed E-state index contributed by atoms with van der Waals surface area (Å²) in [6, 6.07) is 31.2. The van der Waals surface area contributed by atoms with Gasteiger partial charge in [0.15, 0.2) is 6.23 Å². The number of carbonyl (C=O) groups is 3. The highest BCUT2D eigenvalue weighted by atomic mass is 16.5. The van der Waals surface area contributed by atoms with Crippen LogP contribution in [0.25, 0.3) is 0 Å². The van der Waals surface area contributed by atoms with E-state index < -0.39 is 6.23 Å². The lowest BCUT2D eigenvalue weighted by Crippen LogP contribution is -2.30. The number of amides is 3. The molecule has 2 N–H and O–H groups in total. The Kier molecular flexibility index (Phi) is 7.17. The number of rotatable bonds is 7. The summed E-state index contributed by atoms with van der Waals surface area (Å²) in [4.78, 5) is 39.6. The Morgan fingerprint density at radius 2 is 1.17 bits per heavy atom. The average molecular weight is 625 g/mol. The quantitative estimate of drug-likeness (QED) is 0.180. The number of imide groups is 1. The second-order valence-corrected chi connectivity index (χ2v) is 12.4. The van der Waals surface area contributed by atoms with Crippen molar-refractivity contribution < 1.29 is 29.0 Å². The molecule has 0 spiro atoms. The molecule has 7 rings (SSSR count). The third kappa shape index (κ3) is 5.32. The lowest BCUT2D eigenvalue weighted by Gasteiger charge is -2.26. The molecule has 0 radical (unpaired) electrons. The summed E-state index contributed by atoms with van der Waals surface area (Å²) < 4.78 is 12.1. The van der Waals surface area contributed by atoms with Crippen LogP contribution < -0.4 is 19.7 Å². The van der Waals surface area contributed by atoms with E-state index in [1.54, 1.807) is 42.5 Å². The van der Waals surface area contributed by atoms with E-state index in [4.69, 9.17) is 9.47 Å². The Morgan fingerprint density at radius 3 is 1.77 bits per heavy atom. The van der Waals surface area contributed by atoms with Crippen molar-refractivity contribution in [2.45, 2.75) is 39.3 Å². The maximum atomic E-state index is 13.3. The van der Waals surface area contributed by atoms with Crippen molar-refractivity contribution in [3.8, 4) is 23.0 Å². The highest BCUT2D eigenvalue weighted by molar-refractivity contribution is 6.34. The molecule has 2 aliphatic heterocycles. The lowest BCUT2D eigenvalue weighted by molar-refractivity contribution is 0.0848. The molecule has 3 amide bonds. The average Bonchev–Trinajstić information content (AvgIpc) is 3.47. The van der Waals surface area contributed by atoms with E-state index >= 15 is 0 Å². The normalized spacial score (nSPS) is 15.4. The fourth-order valence-corrected chi connectivity index (χ4v) is 6.19. The van der Waals surface area contributed by atoms with Crippen LogP contribution in [-0.4, -0.2) is 22.8 Å². The van der Waals surface area contributed by atoms with Gasteiger partial charge in [0.2, 0.25) is 0 Å². The number of ether oxygens (including phenoxy) is 2. The van der Waals surface area contributed by atoms with Crippen LogP contribution in [0.3, 0.4) is 0 Å². The number of carbonyl (C=O) groups excluding carboxylic acids is 3. The van der Waals surface area contributed by atoms with Gasteiger partial charge in [-0.15, -0.1) is 0 Å². The minimum Gasteiger partial charge on any atom is -0.457 e. The van der Waals surface area contributed by atoms with Gasteiger partial charge in [-0.3, -0.25) is 14.4 Å². The van der Waals surface area contributed by atoms with Gasteiger partial charge in [-0.05, 0) is 97.3 Å². The number of hydrogen-bond acceptors (Lipinski definition) is 6. The summed E-state index contributed by atoms with van der Waals surface area (Å²) in [6.45, 7) is 8.13. The number of aryl methyl sites for hydroxylation is 2. The third-order valence-electron chi connectivity index (χ3n) is 8.90. The maximum absolute atomic E-state index is 13.3. The van der Waals surface area contributed by atoms with Gasteiger partial charge in [-0.25, -0.2) is 4.90 Å². The van der Waals surface area contributed by atoms with Crippen LogP contribution in [0.15, 0.2) is 103 Å². The van der Waals surface area contributed by atoms with Gasteiger partial charge in [0.1, 0.15) is 23.0 Å². The van der Waals surface area contributed by atoms with Crippen molar-refractivity contribution in [1.82, 2.24) is 5.32 Å². The van der Waals surface area contributed by atoms with Gasteiger partial charge in [0.25, 0.3) is 17.7 Å². The smallest absolute Gasteiger partial charge is 0.266 e. The summed E-state index contributed by atoms with van der Waals surface area (Å²) in [5.41, 5.74) is 5.93. The fraction of sp³-hybridized carbons (Fsp3) is 0.154. The molecule has 0 saturated carbocycles. The number of benzene rings is 5. The first-order valence-corrected chi connectivity index (χ1v) is 15.3. The monoisotopic (exact) mass is 624 g/mol. The molecular formula is C39H32N2O6. The lowest BCUT2D eigenvalue weighted by atomic mass is 9.78. The predicted molar refractivity (Wildman–Crippen MR) is 178 cm³/mol. The molecule has 0 aromatic heterocycles. The number of nitrogens with zero attached hydrogens (tertiary/aromatic N) is 1. The van der Waals surface area contributed by atoms with Crippen LogP contribution >= 0.6 is 0 Å². The molecule has 1 atom stereocenters. The summed E-state index contributed by atoms with van der Waals surface area (Å²) in [7, 11) is 0. The number of fused-ring (bicyclic) bond motifs is 2. The molecule has 8 nitrogen and oxygen atoms in total. The number of nitrogens with one attached hydrogen (secondary N) is 1. The Hall–Kier alpha value is -5.73. The Morgan fingerprint density at radius 1 is 0.638 bits per heavy atom. The molecule has 234 valence electrons.